The van der Waals surface area contributed by atoms with Crippen LogP contribution in [0.5, 0.6) is 0 Å². The largest absolute Gasteiger partial charge is 0.367 e. The Bertz CT molecular complexity index is 439. The van der Waals surface area contributed by atoms with Gasteiger partial charge in [0.05, 0.1) is 6.61 Å². The van der Waals surface area contributed by atoms with Crippen LogP contribution < -0.4 is 5.32 Å². The van der Waals surface area contributed by atoms with Gasteiger partial charge >= 0.3 is 0 Å². The first-order valence-corrected chi connectivity index (χ1v) is 5.87. The standard InChI is InChI=1S/C13H14ClNO2/c1-9(10-3-2-4-11(14)7-10)13(16)12-8-15-5-6-17-12/h2-4,7,12,15H,1,5-6,8H2. The molecule has 1 heterocycles. The lowest BCUT2D eigenvalue weighted by atomic mass is 9.99. The number of hydrogen-bond acceptors (Lipinski definition) is 3. The number of Topliss-reactive ketones (excluding diaryl/α,β-unsaturated/α-hetero) is 1. The molecule has 1 aromatic carbocycles. The molecule has 1 fully saturated rings. The van der Waals surface area contributed by atoms with Gasteiger partial charge in [-0.25, -0.2) is 0 Å². The Morgan fingerprint density at radius 2 is 2.35 bits per heavy atom. The SMILES string of the molecule is C=C(C(=O)C1CNCCO1)c1cccc(Cl)c1. The van der Waals surface area contributed by atoms with Gasteiger partial charge in [-0.3, -0.25) is 4.79 Å². The second-order valence-electron chi connectivity index (χ2n) is 3.92. The van der Waals surface area contributed by atoms with Gasteiger partial charge in [-0.1, -0.05) is 30.3 Å². The molecule has 1 unspecified atom stereocenters. The average molecular weight is 252 g/mol. The summed E-state index contributed by atoms with van der Waals surface area (Å²) in [4.78, 5) is 12.1. The van der Waals surface area contributed by atoms with Crippen molar-refractivity contribution in [3.05, 3.63) is 41.4 Å². The normalized spacial score (nSPS) is 19.9. The maximum atomic E-state index is 12.1. The molecule has 4 heteroatoms. The second kappa shape index (κ2) is 5.45. The van der Waals surface area contributed by atoms with Crippen molar-refractivity contribution in [3.8, 4) is 0 Å². The molecule has 1 aliphatic heterocycles. The molecule has 0 spiro atoms. The van der Waals surface area contributed by atoms with Crippen LogP contribution in [0.15, 0.2) is 30.8 Å². The summed E-state index contributed by atoms with van der Waals surface area (Å²) in [6, 6.07) is 7.12. The molecule has 90 valence electrons. The molecule has 3 nitrogen and oxygen atoms in total. The fourth-order valence-corrected chi connectivity index (χ4v) is 1.94. The fraction of sp³-hybridized carbons (Fsp3) is 0.308. The molecule has 1 saturated heterocycles. The zero-order valence-corrected chi connectivity index (χ0v) is 10.2. The van der Waals surface area contributed by atoms with E-state index in [2.05, 4.69) is 11.9 Å². The molecule has 2 rings (SSSR count). The summed E-state index contributed by atoms with van der Waals surface area (Å²) < 4.78 is 5.41. The number of carbonyl (C=O) groups is 1. The van der Waals surface area contributed by atoms with Gasteiger partial charge in [-0.15, -0.1) is 0 Å². The van der Waals surface area contributed by atoms with Crippen molar-refractivity contribution in [2.45, 2.75) is 6.10 Å². The molecule has 0 saturated carbocycles. The summed E-state index contributed by atoms with van der Waals surface area (Å²) in [5.41, 5.74) is 1.19. The van der Waals surface area contributed by atoms with E-state index in [1.54, 1.807) is 18.2 Å². The van der Waals surface area contributed by atoms with Crippen LogP contribution in [0.4, 0.5) is 0 Å². The highest BCUT2D eigenvalue weighted by molar-refractivity contribution is 6.31. The summed E-state index contributed by atoms with van der Waals surface area (Å²) in [5.74, 6) is -0.0838. The van der Waals surface area contributed by atoms with Crippen LogP contribution in [0.2, 0.25) is 5.02 Å². The van der Waals surface area contributed by atoms with Crippen molar-refractivity contribution in [1.82, 2.24) is 5.32 Å². The van der Waals surface area contributed by atoms with Gasteiger partial charge in [0.1, 0.15) is 6.10 Å². The Balaban J connectivity index is 2.11. The van der Waals surface area contributed by atoms with E-state index >= 15 is 0 Å². The molecule has 0 aliphatic carbocycles. The molecule has 0 radical (unpaired) electrons. The Labute approximate surface area is 105 Å². The number of morpholine rings is 1. The van der Waals surface area contributed by atoms with Crippen LogP contribution >= 0.6 is 11.6 Å². The van der Waals surface area contributed by atoms with Crippen molar-refractivity contribution in [2.24, 2.45) is 0 Å². The molecular formula is C13H14ClNO2. The van der Waals surface area contributed by atoms with E-state index in [1.165, 1.54) is 0 Å². The number of benzene rings is 1. The third kappa shape index (κ3) is 2.94. The Kier molecular flexibility index (Phi) is 3.94. The van der Waals surface area contributed by atoms with Gasteiger partial charge in [0.2, 0.25) is 0 Å². The molecule has 0 bridgehead atoms. The lowest BCUT2D eigenvalue weighted by Gasteiger charge is -2.23. The summed E-state index contributed by atoms with van der Waals surface area (Å²) in [6.45, 7) is 5.71. The number of carbonyl (C=O) groups excluding carboxylic acids is 1. The fourth-order valence-electron chi connectivity index (χ4n) is 1.75. The van der Waals surface area contributed by atoms with Crippen LogP contribution in [0, 0.1) is 0 Å². The number of nitrogens with one attached hydrogen (secondary N) is 1. The Morgan fingerprint density at radius 1 is 1.53 bits per heavy atom. The quantitative estimate of drug-likeness (QED) is 0.834. The van der Waals surface area contributed by atoms with Crippen molar-refractivity contribution in [2.75, 3.05) is 19.7 Å². The minimum absolute atomic E-state index is 0.0838. The number of hydrogen-bond donors (Lipinski definition) is 1. The van der Waals surface area contributed by atoms with Crippen LogP contribution in [-0.2, 0) is 9.53 Å². The monoisotopic (exact) mass is 251 g/mol. The van der Waals surface area contributed by atoms with Crippen molar-refractivity contribution < 1.29 is 9.53 Å². The van der Waals surface area contributed by atoms with E-state index < -0.39 is 6.10 Å². The van der Waals surface area contributed by atoms with Crippen molar-refractivity contribution in [3.63, 3.8) is 0 Å². The summed E-state index contributed by atoms with van der Waals surface area (Å²) in [6.07, 6.45) is -0.435. The molecule has 0 amide bonds. The zero-order chi connectivity index (χ0) is 12.3. The van der Waals surface area contributed by atoms with Gasteiger partial charge < -0.3 is 10.1 Å². The molecule has 1 N–H and O–H groups in total. The van der Waals surface area contributed by atoms with Gasteiger partial charge in [0, 0.05) is 23.7 Å². The minimum Gasteiger partial charge on any atom is -0.367 e. The topological polar surface area (TPSA) is 38.3 Å². The summed E-state index contributed by atoms with van der Waals surface area (Å²) in [7, 11) is 0. The first kappa shape index (κ1) is 12.3. The van der Waals surface area contributed by atoms with Crippen LogP contribution in [0.3, 0.4) is 0 Å². The molecule has 1 aromatic rings. The maximum absolute atomic E-state index is 12.1. The second-order valence-corrected chi connectivity index (χ2v) is 4.35. The Hall–Kier alpha value is -1.16. The summed E-state index contributed by atoms with van der Waals surface area (Å²) >= 11 is 5.88. The van der Waals surface area contributed by atoms with Crippen LogP contribution in [0.1, 0.15) is 5.56 Å². The first-order chi connectivity index (χ1) is 8.18. The van der Waals surface area contributed by atoms with Crippen molar-refractivity contribution >= 4 is 23.0 Å². The number of halogens is 1. The van der Waals surface area contributed by atoms with Gasteiger partial charge in [-0.2, -0.15) is 0 Å². The molecule has 0 aromatic heterocycles. The molecule has 1 aliphatic rings. The van der Waals surface area contributed by atoms with Gasteiger partial charge in [-0.05, 0) is 17.7 Å². The lowest BCUT2D eigenvalue weighted by Crippen LogP contribution is -2.43. The predicted octanol–water partition coefficient (Wildman–Crippen LogP) is 1.91. The predicted molar refractivity (Wildman–Crippen MR) is 68.1 cm³/mol. The van der Waals surface area contributed by atoms with Gasteiger partial charge in [0.25, 0.3) is 0 Å². The van der Waals surface area contributed by atoms with Gasteiger partial charge in [0.15, 0.2) is 5.78 Å². The number of ketones is 1. The number of rotatable bonds is 3. The van der Waals surface area contributed by atoms with E-state index in [9.17, 15) is 4.79 Å². The van der Waals surface area contributed by atoms with E-state index in [0.29, 0.717) is 23.7 Å². The molecule has 17 heavy (non-hydrogen) atoms. The highest BCUT2D eigenvalue weighted by Gasteiger charge is 2.24. The van der Waals surface area contributed by atoms with E-state index in [-0.39, 0.29) is 5.78 Å². The summed E-state index contributed by atoms with van der Waals surface area (Å²) in [5, 5.41) is 3.72. The molecule has 1 atom stereocenters. The Morgan fingerprint density at radius 3 is 3.00 bits per heavy atom. The first-order valence-electron chi connectivity index (χ1n) is 5.50. The minimum atomic E-state index is -0.435. The average Bonchev–Trinajstić information content (AvgIpc) is 2.38. The van der Waals surface area contributed by atoms with E-state index in [0.717, 1.165) is 12.1 Å². The lowest BCUT2D eigenvalue weighted by molar-refractivity contribution is -0.125. The van der Waals surface area contributed by atoms with Crippen molar-refractivity contribution in [1.29, 1.82) is 0 Å². The smallest absolute Gasteiger partial charge is 0.192 e. The van der Waals surface area contributed by atoms with E-state index in [1.807, 2.05) is 6.07 Å². The highest BCUT2D eigenvalue weighted by Crippen LogP contribution is 2.20. The number of ether oxygens (including phenoxy) is 1. The van der Waals surface area contributed by atoms with Crippen LogP contribution in [0.25, 0.3) is 5.57 Å². The maximum Gasteiger partial charge on any atom is 0.192 e. The molecular weight excluding hydrogens is 238 g/mol. The third-order valence-corrected chi connectivity index (χ3v) is 2.93. The zero-order valence-electron chi connectivity index (χ0n) is 9.41. The highest BCUT2D eigenvalue weighted by atomic mass is 35.5. The van der Waals surface area contributed by atoms with E-state index in [4.69, 9.17) is 16.3 Å². The third-order valence-electron chi connectivity index (χ3n) is 2.69. The van der Waals surface area contributed by atoms with Crippen LogP contribution in [-0.4, -0.2) is 31.6 Å².